The van der Waals surface area contributed by atoms with Crippen molar-refractivity contribution in [2.45, 2.75) is 52.6 Å². The lowest BCUT2D eigenvalue weighted by molar-refractivity contribution is 0.0953. The summed E-state index contributed by atoms with van der Waals surface area (Å²) in [6.45, 7) is 9.40. The molecule has 0 fully saturated rings. The summed E-state index contributed by atoms with van der Waals surface area (Å²) >= 11 is 0. The zero-order valence-corrected chi connectivity index (χ0v) is 16.8. The van der Waals surface area contributed by atoms with Gasteiger partial charge in [-0.05, 0) is 44.9 Å². The number of aliphatic imine (C=N–C) groups is 1. The average Bonchev–Trinajstić information content (AvgIpc) is 2.44. The van der Waals surface area contributed by atoms with E-state index in [1.807, 2.05) is 45.0 Å². The Morgan fingerprint density at radius 1 is 1.22 bits per heavy atom. The first-order valence-electron chi connectivity index (χ1n) is 7.77. The number of carbonyl (C=O) groups excluding carboxylic acids is 1. The molecule has 0 radical (unpaired) electrons. The molecule has 0 bridgehead atoms. The number of hydrogen-bond donors (Lipinski definition) is 3. The quantitative estimate of drug-likeness (QED) is 0.280. The number of carbonyl (C=O) groups is 1. The highest BCUT2D eigenvalue weighted by atomic mass is 127. The normalized spacial score (nSPS) is 11.6. The van der Waals surface area contributed by atoms with E-state index in [-0.39, 0.29) is 35.4 Å². The van der Waals surface area contributed by atoms with Crippen LogP contribution in [0.2, 0.25) is 0 Å². The molecule has 23 heavy (non-hydrogen) atoms. The fraction of sp³-hybridized carbons (Fsp3) is 0.529. The molecule has 1 amide bonds. The predicted molar refractivity (Wildman–Crippen MR) is 107 cm³/mol. The molecule has 1 rings (SSSR count). The Hall–Kier alpha value is -1.31. The molecule has 0 atom stereocenters. The molecule has 5 nitrogen and oxygen atoms in total. The molecule has 0 aliphatic rings. The molecule has 0 unspecified atom stereocenters. The number of nitrogens with two attached hydrogens (primary N) is 1. The van der Waals surface area contributed by atoms with Crippen LogP contribution in [0.5, 0.6) is 0 Å². The summed E-state index contributed by atoms with van der Waals surface area (Å²) < 4.78 is 0. The third kappa shape index (κ3) is 9.43. The van der Waals surface area contributed by atoms with Crippen LogP contribution in [-0.4, -0.2) is 24.0 Å². The summed E-state index contributed by atoms with van der Waals surface area (Å²) in [5, 5.41) is 6.01. The first-order valence-corrected chi connectivity index (χ1v) is 7.77. The Morgan fingerprint density at radius 2 is 1.83 bits per heavy atom. The van der Waals surface area contributed by atoms with Gasteiger partial charge in [0, 0.05) is 17.6 Å². The van der Waals surface area contributed by atoms with Gasteiger partial charge in [-0.25, -0.2) is 4.99 Å². The standard InChI is InChI=1S/C17H28N4O.HI/c1-5-6-11-19-15(22)14-9-7-13(8-10-14)12-20-16(18)21-17(2,3)4;/h7-10H,5-6,11-12H2,1-4H3,(H,19,22)(H3,18,20,21);1H. The lowest BCUT2D eigenvalue weighted by Gasteiger charge is -2.20. The van der Waals surface area contributed by atoms with Crippen LogP contribution in [0.15, 0.2) is 29.3 Å². The number of benzene rings is 1. The van der Waals surface area contributed by atoms with E-state index in [1.165, 1.54) is 0 Å². The van der Waals surface area contributed by atoms with Crippen LogP contribution < -0.4 is 16.4 Å². The van der Waals surface area contributed by atoms with E-state index < -0.39 is 0 Å². The Balaban J connectivity index is 0.00000484. The highest BCUT2D eigenvalue weighted by Gasteiger charge is 2.09. The first kappa shape index (κ1) is 21.7. The van der Waals surface area contributed by atoms with Crippen LogP contribution in [-0.2, 0) is 6.54 Å². The van der Waals surface area contributed by atoms with Gasteiger partial charge in [-0.2, -0.15) is 0 Å². The van der Waals surface area contributed by atoms with Crippen molar-refractivity contribution in [3.63, 3.8) is 0 Å². The molecule has 1 aromatic rings. The van der Waals surface area contributed by atoms with Crippen LogP contribution in [0.25, 0.3) is 0 Å². The van der Waals surface area contributed by atoms with Crippen molar-refractivity contribution in [2.24, 2.45) is 10.7 Å². The van der Waals surface area contributed by atoms with Crippen LogP contribution in [0.4, 0.5) is 0 Å². The monoisotopic (exact) mass is 432 g/mol. The maximum atomic E-state index is 11.9. The zero-order chi connectivity index (χ0) is 16.6. The van der Waals surface area contributed by atoms with Crippen molar-refractivity contribution in [3.8, 4) is 0 Å². The van der Waals surface area contributed by atoms with Crippen LogP contribution in [0.3, 0.4) is 0 Å². The van der Waals surface area contributed by atoms with Crippen molar-refractivity contribution >= 4 is 35.8 Å². The van der Waals surface area contributed by atoms with Gasteiger partial charge in [0.25, 0.3) is 5.91 Å². The summed E-state index contributed by atoms with van der Waals surface area (Å²) in [5.41, 5.74) is 7.41. The topological polar surface area (TPSA) is 79.5 Å². The minimum atomic E-state index is -0.103. The molecule has 0 aromatic heterocycles. The second kappa shape index (κ2) is 10.5. The van der Waals surface area contributed by atoms with E-state index in [0.717, 1.165) is 24.9 Å². The van der Waals surface area contributed by atoms with Gasteiger partial charge in [0.05, 0.1) is 6.54 Å². The van der Waals surface area contributed by atoms with Crippen LogP contribution in [0.1, 0.15) is 56.5 Å². The second-order valence-corrected chi connectivity index (χ2v) is 6.38. The van der Waals surface area contributed by atoms with Gasteiger partial charge in [-0.15, -0.1) is 24.0 Å². The van der Waals surface area contributed by atoms with Crippen molar-refractivity contribution < 1.29 is 4.79 Å². The third-order valence-corrected chi connectivity index (χ3v) is 2.97. The van der Waals surface area contributed by atoms with Crippen LogP contribution in [0, 0.1) is 0 Å². The summed E-state index contributed by atoms with van der Waals surface area (Å²) in [5.74, 6) is 0.395. The number of nitrogens with one attached hydrogen (secondary N) is 2. The molecule has 0 saturated carbocycles. The van der Waals surface area contributed by atoms with Gasteiger partial charge in [0.15, 0.2) is 5.96 Å². The largest absolute Gasteiger partial charge is 0.370 e. The number of rotatable bonds is 6. The molecular weight excluding hydrogens is 403 g/mol. The number of amides is 1. The van der Waals surface area contributed by atoms with E-state index in [2.05, 4.69) is 22.5 Å². The highest BCUT2D eigenvalue weighted by Crippen LogP contribution is 2.06. The maximum Gasteiger partial charge on any atom is 0.251 e. The minimum Gasteiger partial charge on any atom is -0.370 e. The van der Waals surface area contributed by atoms with Gasteiger partial charge in [-0.1, -0.05) is 25.5 Å². The molecule has 6 heteroatoms. The SMILES string of the molecule is CCCCNC(=O)c1ccc(CN=C(N)NC(C)(C)C)cc1.I. The maximum absolute atomic E-state index is 11.9. The number of nitrogens with zero attached hydrogens (tertiary/aromatic N) is 1. The van der Waals surface area contributed by atoms with Crippen molar-refractivity contribution in [1.29, 1.82) is 0 Å². The third-order valence-electron chi connectivity index (χ3n) is 2.97. The van der Waals surface area contributed by atoms with Gasteiger partial charge < -0.3 is 16.4 Å². The minimum absolute atomic E-state index is 0. The van der Waals surface area contributed by atoms with E-state index in [9.17, 15) is 4.79 Å². The molecule has 4 N–H and O–H groups in total. The zero-order valence-electron chi connectivity index (χ0n) is 14.5. The van der Waals surface area contributed by atoms with Crippen LogP contribution >= 0.6 is 24.0 Å². The van der Waals surface area contributed by atoms with Crippen molar-refractivity contribution in [2.75, 3.05) is 6.54 Å². The number of unbranched alkanes of at least 4 members (excludes halogenated alkanes) is 1. The van der Waals surface area contributed by atoms with Crippen molar-refractivity contribution in [1.82, 2.24) is 10.6 Å². The Bertz CT molecular complexity index is 506. The first-order chi connectivity index (χ1) is 10.3. The van der Waals surface area contributed by atoms with Gasteiger partial charge >= 0.3 is 0 Å². The molecule has 0 aliphatic heterocycles. The number of halogens is 1. The lowest BCUT2D eigenvalue weighted by atomic mass is 10.1. The lowest BCUT2D eigenvalue weighted by Crippen LogP contribution is -2.44. The van der Waals surface area contributed by atoms with E-state index >= 15 is 0 Å². The smallest absolute Gasteiger partial charge is 0.251 e. The highest BCUT2D eigenvalue weighted by molar-refractivity contribution is 14.0. The Kier molecular flexibility index (Phi) is 9.87. The fourth-order valence-electron chi connectivity index (χ4n) is 1.84. The Labute approximate surface area is 156 Å². The molecule has 0 saturated heterocycles. The summed E-state index contributed by atoms with van der Waals surface area (Å²) in [6.07, 6.45) is 2.07. The van der Waals surface area contributed by atoms with Gasteiger partial charge in [-0.3, -0.25) is 4.79 Å². The summed E-state index contributed by atoms with van der Waals surface area (Å²) in [6, 6.07) is 7.45. The van der Waals surface area contributed by atoms with Gasteiger partial charge in [0.2, 0.25) is 0 Å². The Morgan fingerprint density at radius 3 is 2.35 bits per heavy atom. The molecule has 1 aromatic carbocycles. The second-order valence-electron chi connectivity index (χ2n) is 6.38. The molecule has 130 valence electrons. The van der Waals surface area contributed by atoms with E-state index in [4.69, 9.17) is 5.73 Å². The van der Waals surface area contributed by atoms with E-state index in [0.29, 0.717) is 18.1 Å². The van der Waals surface area contributed by atoms with Gasteiger partial charge in [0.1, 0.15) is 0 Å². The molecular formula is C17H29IN4O. The molecule has 0 heterocycles. The summed E-state index contributed by atoms with van der Waals surface area (Å²) in [4.78, 5) is 16.2. The summed E-state index contributed by atoms with van der Waals surface area (Å²) in [7, 11) is 0. The fourth-order valence-corrected chi connectivity index (χ4v) is 1.84. The number of guanidine groups is 1. The molecule has 0 aliphatic carbocycles. The predicted octanol–water partition coefficient (Wildman–Crippen LogP) is 3.04. The number of hydrogen-bond acceptors (Lipinski definition) is 2. The van der Waals surface area contributed by atoms with Crippen molar-refractivity contribution in [3.05, 3.63) is 35.4 Å². The van der Waals surface area contributed by atoms with E-state index in [1.54, 1.807) is 0 Å². The average molecular weight is 432 g/mol. The molecule has 0 spiro atoms.